The van der Waals surface area contributed by atoms with Gasteiger partial charge >= 0.3 is 11.7 Å². The number of hydrogen-bond donors (Lipinski definition) is 2. The Morgan fingerprint density at radius 2 is 2.28 bits per heavy atom. The first-order valence-electron chi connectivity index (χ1n) is 5.59. The first kappa shape index (κ1) is 12.4. The van der Waals surface area contributed by atoms with Crippen molar-refractivity contribution in [3.8, 4) is 0 Å². The van der Waals surface area contributed by atoms with Gasteiger partial charge in [-0.2, -0.15) is 0 Å². The Balaban J connectivity index is 2.48. The number of methoxy groups -OCH3 is 1. The van der Waals surface area contributed by atoms with E-state index in [1.807, 2.05) is 0 Å². The molecule has 0 fully saturated rings. The van der Waals surface area contributed by atoms with Crippen molar-refractivity contribution in [1.82, 2.24) is 9.55 Å². The molecule has 0 spiro atoms. The van der Waals surface area contributed by atoms with Gasteiger partial charge in [-0.05, 0) is 18.6 Å². The van der Waals surface area contributed by atoms with E-state index in [1.165, 1.54) is 10.6 Å². The maximum absolute atomic E-state index is 11.8. The van der Waals surface area contributed by atoms with Crippen LogP contribution in [0, 0.1) is 0 Å². The Kier molecular flexibility index (Phi) is 3.47. The summed E-state index contributed by atoms with van der Waals surface area (Å²) in [4.78, 5) is 25.4. The predicted octanol–water partition coefficient (Wildman–Crippen LogP) is 1.06. The molecule has 0 amide bonds. The van der Waals surface area contributed by atoms with E-state index in [2.05, 4.69) is 4.98 Å². The fourth-order valence-electron chi connectivity index (χ4n) is 1.95. The van der Waals surface area contributed by atoms with Gasteiger partial charge in [-0.15, -0.1) is 0 Å². The molecule has 1 aromatic heterocycles. The van der Waals surface area contributed by atoms with Crippen molar-refractivity contribution >= 4 is 17.0 Å². The maximum Gasteiger partial charge on any atom is 0.337 e. The summed E-state index contributed by atoms with van der Waals surface area (Å²) in [5.41, 5.74) is 0.785. The molecule has 0 aliphatic carbocycles. The Hall–Kier alpha value is -2.08. The molecular formula is C12H14N2O4. The molecule has 0 unspecified atom stereocenters. The zero-order chi connectivity index (χ0) is 13.1. The number of ether oxygens (including phenoxy) is 1. The number of benzene rings is 1. The van der Waals surface area contributed by atoms with Crippen LogP contribution in [-0.4, -0.2) is 34.3 Å². The van der Waals surface area contributed by atoms with Crippen LogP contribution in [0.4, 0.5) is 0 Å². The normalized spacial score (nSPS) is 10.9. The van der Waals surface area contributed by atoms with E-state index in [4.69, 9.17) is 9.84 Å². The third kappa shape index (κ3) is 2.14. The minimum Gasteiger partial charge on any atom is -0.478 e. The van der Waals surface area contributed by atoms with Crippen molar-refractivity contribution in [2.24, 2.45) is 0 Å². The number of aromatic nitrogens is 2. The number of rotatable bonds is 5. The molecule has 0 radical (unpaired) electrons. The molecule has 1 heterocycles. The standard InChI is InChI=1S/C12H14N2O4/c1-18-7-3-6-14-9-5-2-4-8(11(15)16)10(9)13-12(14)17/h2,4-5H,3,6-7H2,1H3,(H,13,17)(H,15,16). The molecule has 0 atom stereocenters. The van der Waals surface area contributed by atoms with Crippen molar-refractivity contribution in [2.45, 2.75) is 13.0 Å². The smallest absolute Gasteiger partial charge is 0.337 e. The number of carboxylic acids is 1. The first-order chi connectivity index (χ1) is 8.65. The molecule has 0 aliphatic rings. The predicted molar refractivity (Wildman–Crippen MR) is 66.0 cm³/mol. The summed E-state index contributed by atoms with van der Waals surface area (Å²) >= 11 is 0. The van der Waals surface area contributed by atoms with Gasteiger partial charge in [-0.1, -0.05) is 6.07 Å². The van der Waals surface area contributed by atoms with Crippen LogP contribution in [0.1, 0.15) is 16.8 Å². The van der Waals surface area contributed by atoms with Crippen molar-refractivity contribution in [2.75, 3.05) is 13.7 Å². The van der Waals surface area contributed by atoms with Crippen LogP contribution in [0.15, 0.2) is 23.0 Å². The van der Waals surface area contributed by atoms with Gasteiger partial charge in [0.1, 0.15) is 0 Å². The van der Waals surface area contributed by atoms with Gasteiger partial charge < -0.3 is 14.8 Å². The number of hydrogen-bond acceptors (Lipinski definition) is 3. The number of para-hydroxylation sites is 1. The van der Waals surface area contributed by atoms with Gasteiger partial charge in [-0.3, -0.25) is 4.57 Å². The van der Waals surface area contributed by atoms with Gasteiger partial charge in [0.15, 0.2) is 0 Å². The monoisotopic (exact) mass is 250 g/mol. The summed E-state index contributed by atoms with van der Waals surface area (Å²) < 4.78 is 6.46. The summed E-state index contributed by atoms with van der Waals surface area (Å²) in [7, 11) is 1.60. The fraction of sp³-hybridized carbons (Fsp3) is 0.333. The molecule has 1 aromatic carbocycles. The van der Waals surface area contributed by atoms with Crippen LogP contribution < -0.4 is 5.69 Å². The first-order valence-corrected chi connectivity index (χ1v) is 5.59. The third-order valence-corrected chi connectivity index (χ3v) is 2.77. The topological polar surface area (TPSA) is 84.3 Å². The van der Waals surface area contributed by atoms with Crippen molar-refractivity contribution in [3.05, 3.63) is 34.2 Å². The van der Waals surface area contributed by atoms with E-state index in [9.17, 15) is 9.59 Å². The minimum atomic E-state index is -1.05. The van der Waals surface area contributed by atoms with Crippen molar-refractivity contribution in [3.63, 3.8) is 0 Å². The zero-order valence-corrected chi connectivity index (χ0v) is 9.97. The van der Waals surface area contributed by atoms with Gasteiger partial charge in [0.25, 0.3) is 0 Å². The van der Waals surface area contributed by atoms with E-state index < -0.39 is 5.97 Å². The number of fused-ring (bicyclic) bond motifs is 1. The molecule has 0 saturated carbocycles. The molecule has 0 bridgehead atoms. The third-order valence-electron chi connectivity index (χ3n) is 2.77. The number of H-pyrrole nitrogens is 1. The van der Waals surface area contributed by atoms with Crippen LogP contribution in [0.3, 0.4) is 0 Å². The van der Waals surface area contributed by atoms with Crippen LogP contribution in [-0.2, 0) is 11.3 Å². The van der Waals surface area contributed by atoms with E-state index in [0.717, 1.165) is 0 Å². The highest BCUT2D eigenvalue weighted by atomic mass is 16.5. The second kappa shape index (κ2) is 5.05. The minimum absolute atomic E-state index is 0.107. The Morgan fingerprint density at radius 1 is 1.50 bits per heavy atom. The van der Waals surface area contributed by atoms with Gasteiger partial charge in [0, 0.05) is 20.3 Å². The highest BCUT2D eigenvalue weighted by molar-refractivity contribution is 6.00. The molecule has 6 heteroatoms. The molecular weight excluding hydrogens is 236 g/mol. The Bertz CT molecular complexity index is 627. The highest BCUT2D eigenvalue weighted by Gasteiger charge is 2.13. The average Bonchev–Trinajstić information content (AvgIpc) is 2.66. The molecule has 96 valence electrons. The molecule has 18 heavy (non-hydrogen) atoms. The van der Waals surface area contributed by atoms with E-state index in [-0.39, 0.29) is 11.3 Å². The SMILES string of the molecule is COCCCn1c(=O)[nH]c2c(C(=O)O)cccc21. The zero-order valence-electron chi connectivity index (χ0n) is 9.97. The maximum atomic E-state index is 11.8. The summed E-state index contributed by atoms with van der Waals surface area (Å²) in [5.74, 6) is -1.05. The van der Waals surface area contributed by atoms with E-state index in [1.54, 1.807) is 19.2 Å². The number of carboxylic acid groups (broad SMARTS) is 1. The largest absolute Gasteiger partial charge is 0.478 e. The number of aromatic carboxylic acids is 1. The Morgan fingerprint density at radius 3 is 2.94 bits per heavy atom. The lowest BCUT2D eigenvalue weighted by Gasteiger charge is -2.03. The second-order valence-electron chi connectivity index (χ2n) is 3.93. The number of imidazole rings is 1. The summed E-state index contributed by atoms with van der Waals surface area (Å²) in [6, 6.07) is 4.83. The highest BCUT2D eigenvalue weighted by Crippen LogP contribution is 2.15. The quantitative estimate of drug-likeness (QED) is 0.777. The molecule has 2 N–H and O–H groups in total. The number of carbonyl (C=O) groups is 1. The summed E-state index contributed by atoms with van der Waals surface area (Å²) in [6.45, 7) is 1.05. The van der Waals surface area contributed by atoms with Crippen LogP contribution >= 0.6 is 0 Å². The second-order valence-corrected chi connectivity index (χ2v) is 3.93. The van der Waals surface area contributed by atoms with Gasteiger partial charge in [0.2, 0.25) is 0 Å². The summed E-state index contributed by atoms with van der Waals surface area (Å²) in [5, 5.41) is 9.05. The lowest BCUT2D eigenvalue weighted by atomic mass is 10.2. The van der Waals surface area contributed by atoms with Crippen LogP contribution in [0.5, 0.6) is 0 Å². The number of aryl methyl sites for hydroxylation is 1. The molecule has 2 rings (SSSR count). The van der Waals surface area contributed by atoms with E-state index in [0.29, 0.717) is 30.6 Å². The fourth-order valence-corrected chi connectivity index (χ4v) is 1.95. The number of nitrogens with one attached hydrogen (secondary N) is 1. The number of aromatic amines is 1. The number of nitrogens with zero attached hydrogens (tertiary/aromatic N) is 1. The lowest BCUT2D eigenvalue weighted by molar-refractivity contribution is 0.0699. The molecule has 0 saturated heterocycles. The summed E-state index contributed by atoms with van der Waals surface area (Å²) in [6.07, 6.45) is 0.695. The van der Waals surface area contributed by atoms with E-state index >= 15 is 0 Å². The molecule has 2 aromatic rings. The van der Waals surface area contributed by atoms with Crippen LogP contribution in [0.2, 0.25) is 0 Å². The van der Waals surface area contributed by atoms with Gasteiger partial charge in [0.05, 0.1) is 16.6 Å². The van der Waals surface area contributed by atoms with Crippen molar-refractivity contribution in [1.29, 1.82) is 0 Å². The van der Waals surface area contributed by atoms with Gasteiger partial charge in [-0.25, -0.2) is 9.59 Å². The average molecular weight is 250 g/mol. The molecule has 6 nitrogen and oxygen atoms in total. The molecule has 0 aliphatic heterocycles. The lowest BCUT2D eigenvalue weighted by Crippen LogP contribution is -2.17. The van der Waals surface area contributed by atoms with Crippen LogP contribution in [0.25, 0.3) is 11.0 Å². The van der Waals surface area contributed by atoms with Crippen molar-refractivity contribution < 1.29 is 14.6 Å². The Labute approximate surface area is 103 Å².